The molecule has 0 saturated carbocycles. The van der Waals surface area contributed by atoms with Crippen LogP contribution in [0.1, 0.15) is 19.7 Å². The first-order valence-electron chi connectivity index (χ1n) is 10.1. The van der Waals surface area contributed by atoms with Gasteiger partial charge in [-0.15, -0.1) is 10.2 Å². The molecule has 1 fully saturated rings. The Balaban J connectivity index is 1.59. The first-order valence-corrected chi connectivity index (χ1v) is 10.1. The Hall–Kier alpha value is -2.49. The third-order valence-corrected chi connectivity index (χ3v) is 4.68. The van der Waals surface area contributed by atoms with Crippen LogP contribution >= 0.6 is 0 Å². The Morgan fingerprint density at radius 2 is 2.00 bits per heavy atom. The maximum absolute atomic E-state index is 10.8. The van der Waals surface area contributed by atoms with Gasteiger partial charge < -0.3 is 20.5 Å². The van der Waals surface area contributed by atoms with Crippen LogP contribution < -0.4 is 10.6 Å². The lowest BCUT2D eigenvalue weighted by Crippen LogP contribution is -2.53. The summed E-state index contributed by atoms with van der Waals surface area (Å²) in [6.45, 7) is 9.05. The minimum absolute atomic E-state index is 0.371. The molecule has 29 heavy (non-hydrogen) atoms. The molecule has 2 aromatic rings. The standard InChI is InChI=1S/C20H31N7O2/c1-3-21-19(23-14-20(2,28)15-26-9-11-29-12-10-26)22-13-18-25-24-16-27(18)17-7-5-4-6-8-17/h4-8,16,28H,3,9-15H2,1-2H3,(H2,21,22,23). The molecular formula is C20H31N7O2. The molecule has 9 nitrogen and oxygen atoms in total. The van der Waals surface area contributed by atoms with E-state index in [-0.39, 0.29) is 0 Å². The Kier molecular flexibility index (Phi) is 7.56. The number of nitrogens with zero attached hydrogens (tertiary/aromatic N) is 5. The van der Waals surface area contributed by atoms with E-state index in [4.69, 9.17) is 4.74 Å². The highest BCUT2D eigenvalue weighted by molar-refractivity contribution is 5.79. The van der Waals surface area contributed by atoms with Crippen LogP contribution in [0, 0.1) is 0 Å². The second kappa shape index (κ2) is 10.3. The van der Waals surface area contributed by atoms with Gasteiger partial charge in [0.25, 0.3) is 0 Å². The van der Waals surface area contributed by atoms with Crippen molar-refractivity contribution in [1.29, 1.82) is 0 Å². The normalized spacial score (nSPS) is 17.7. The van der Waals surface area contributed by atoms with E-state index in [1.54, 1.807) is 6.33 Å². The van der Waals surface area contributed by atoms with Crippen molar-refractivity contribution in [2.24, 2.45) is 4.99 Å². The summed E-state index contributed by atoms with van der Waals surface area (Å²) >= 11 is 0. The van der Waals surface area contributed by atoms with E-state index >= 15 is 0 Å². The number of aromatic nitrogens is 3. The quantitative estimate of drug-likeness (QED) is 0.435. The number of ether oxygens (including phenoxy) is 1. The Morgan fingerprint density at radius 1 is 1.24 bits per heavy atom. The number of β-amino-alcohol motifs (C(OH)–C–C–N with tert-alkyl or cyclic N) is 1. The van der Waals surface area contributed by atoms with E-state index in [1.807, 2.05) is 48.7 Å². The molecule has 1 unspecified atom stereocenters. The predicted molar refractivity (Wildman–Crippen MR) is 112 cm³/mol. The zero-order valence-corrected chi connectivity index (χ0v) is 17.2. The molecule has 0 amide bonds. The van der Waals surface area contributed by atoms with Crippen molar-refractivity contribution >= 4 is 5.96 Å². The zero-order chi connectivity index (χ0) is 20.5. The van der Waals surface area contributed by atoms with Crippen LogP contribution in [0.3, 0.4) is 0 Å². The van der Waals surface area contributed by atoms with Gasteiger partial charge in [0, 0.05) is 38.4 Å². The lowest BCUT2D eigenvalue weighted by Gasteiger charge is -2.34. The summed E-state index contributed by atoms with van der Waals surface area (Å²) in [5, 5.41) is 25.5. The lowest BCUT2D eigenvalue weighted by molar-refractivity contribution is -0.0201. The Bertz CT molecular complexity index is 770. The lowest BCUT2D eigenvalue weighted by atomic mass is 10.1. The molecule has 1 aliphatic rings. The predicted octanol–water partition coefficient (Wildman–Crippen LogP) is 0.406. The van der Waals surface area contributed by atoms with Crippen LogP contribution in [0.5, 0.6) is 0 Å². The first-order chi connectivity index (χ1) is 14.1. The fourth-order valence-electron chi connectivity index (χ4n) is 3.23. The molecule has 1 atom stereocenters. The maximum atomic E-state index is 10.8. The van der Waals surface area contributed by atoms with Crippen molar-refractivity contribution in [1.82, 2.24) is 30.3 Å². The van der Waals surface area contributed by atoms with Gasteiger partial charge in [-0.3, -0.25) is 9.47 Å². The highest BCUT2D eigenvalue weighted by atomic mass is 16.5. The van der Waals surface area contributed by atoms with Crippen molar-refractivity contribution in [3.05, 3.63) is 42.5 Å². The van der Waals surface area contributed by atoms with Gasteiger partial charge in [-0.25, -0.2) is 4.99 Å². The second-order valence-corrected chi connectivity index (χ2v) is 7.39. The molecule has 158 valence electrons. The molecule has 0 aliphatic carbocycles. The summed E-state index contributed by atoms with van der Waals surface area (Å²) < 4.78 is 7.29. The molecule has 3 rings (SSSR count). The van der Waals surface area contributed by atoms with Crippen LogP contribution in [0.25, 0.3) is 5.69 Å². The highest BCUT2D eigenvalue weighted by Crippen LogP contribution is 2.10. The SMILES string of the molecule is CCNC(=NCc1nncn1-c1ccccc1)NCC(C)(O)CN1CCOCC1. The van der Waals surface area contributed by atoms with Crippen LogP contribution in [0.2, 0.25) is 0 Å². The Morgan fingerprint density at radius 3 is 2.72 bits per heavy atom. The van der Waals surface area contributed by atoms with E-state index in [1.165, 1.54) is 0 Å². The summed E-state index contributed by atoms with van der Waals surface area (Å²) in [7, 11) is 0. The summed E-state index contributed by atoms with van der Waals surface area (Å²) in [6.07, 6.45) is 1.69. The number of nitrogens with one attached hydrogen (secondary N) is 2. The van der Waals surface area contributed by atoms with Gasteiger partial charge in [-0.1, -0.05) is 18.2 Å². The van der Waals surface area contributed by atoms with Crippen molar-refractivity contribution in [3.8, 4) is 5.69 Å². The van der Waals surface area contributed by atoms with Gasteiger partial charge in [0.15, 0.2) is 11.8 Å². The number of aliphatic imine (C=N–C) groups is 1. The van der Waals surface area contributed by atoms with E-state index < -0.39 is 5.60 Å². The average molecular weight is 402 g/mol. The number of guanidine groups is 1. The van der Waals surface area contributed by atoms with E-state index in [0.29, 0.717) is 25.6 Å². The number of hydrogen-bond acceptors (Lipinski definition) is 6. The van der Waals surface area contributed by atoms with Crippen molar-refractivity contribution in [2.75, 3.05) is 45.9 Å². The molecule has 3 N–H and O–H groups in total. The van der Waals surface area contributed by atoms with Gasteiger partial charge in [-0.05, 0) is 26.0 Å². The van der Waals surface area contributed by atoms with E-state index in [0.717, 1.165) is 44.4 Å². The molecule has 9 heteroatoms. The molecule has 1 saturated heterocycles. The molecule has 0 radical (unpaired) electrons. The number of aliphatic hydroxyl groups is 1. The minimum atomic E-state index is -0.877. The maximum Gasteiger partial charge on any atom is 0.191 e. The number of benzene rings is 1. The highest BCUT2D eigenvalue weighted by Gasteiger charge is 2.25. The number of hydrogen-bond donors (Lipinski definition) is 3. The van der Waals surface area contributed by atoms with Gasteiger partial charge in [-0.2, -0.15) is 0 Å². The fraction of sp³-hybridized carbons (Fsp3) is 0.550. The van der Waals surface area contributed by atoms with Crippen LogP contribution in [0.4, 0.5) is 0 Å². The van der Waals surface area contributed by atoms with Crippen molar-refractivity contribution in [3.63, 3.8) is 0 Å². The largest absolute Gasteiger partial charge is 0.387 e. The summed E-state index contributed by atoms with van der Waals surface area (Å²) in [6, 6.07) is 9.93. The summed E-state index contributed by atoms with van der Waals surface area (Å²) in [5.41, 5.74) is 0.117. The molecule has 0 bridgehead atoms. The number of para-hydroxylation sites is 1. The molecule has 1 aromatic carbocycles. The van der Waals surface area contributed by atoms with Crippen LogP contribution in [-0.2, 0) is 11.3 Å². The third-order valence-electron chi connectivity index (χ3n) is 4.68. The molecule has 0 spiro atoms. The summed E-state index contributed by atoms with van der Waals surface area (Å²) in [4.78, 5) is 6.84. The minimum Gasteiger partial charge on any atom is -0.387 e. The van der Waals surface area contributed by atoms with Gasteiger partial charge in [0.1, 0.15) is 12.9 Å². The van der Waals surface area contributed by atoms with E-state index in [2.05, 4.69) is 30.7 Å². The smallest absolute Gasteiger partial charge is 0.191 e. The first kappa shape index (κ1) is 21.2. The molecule has 1 aliphatic heterocycles. The van der Waals surface area contributed by atoms with Gasteiger partial charge in [0.05, 0.1) is 18.8 Å². The van der Waals surface area contributed by atoms with Crippen molar-refractivity contribution < 1.29 is 9.84 Å². The number of morpholine rings is 1. The Labute approximate surface area is 171 Å². The van der Waals surface area contributed by atoms with Crippen LogP contribution in [0.15, 0.2) is 41.7 Å². The van der Waals surface area contributed by atoms with Gasteiger partial charge in [0.2, 0.25) is 0 Å². The monoisotopic (exact) mass is 401 g/mol. The average Bonchev–Trinajstić information content (AvgIpc) is 3.20. The fourth-order valence-corrected chi connectivity index (χ4v) is 3.23. The van der Waals surface area contributed by atoms with Crippen molar-refractivity contribution in [2.45, 2.75) is 26.0 Å². The van der Waals surface area contributed by atoms with E-state index in [9.17, 15) is 5.11 Å². The molecule has 2 heterocycles. The van der Waals surface area contributed by atoms with Crippen LogP contribution in [-0.4, -0.2) is 82.3 Å². The zero-order valence-electron chi connectivity index (χ0n) is 17.2. The summed E-state index contributed by atoms with van der Waals surface area (Å²) in [5.74, 6) is 1.38. The van der Waals surface area contributed by atoms with Gasteiger partial charge >= 0.3 is 0 Å². The number of rotatable bonds is 8. The molecule has 1 aromatic heterocycles. The molecular weight excluding hydrogens is 370 g/mol. The topological polar surface area (TPSA) is 99.8 Å². The second-order valence-electron chi connectivity index (χ2n) is 7.39. The third kappa shape index (κ3) is 6.52.